The molecule has 2 fully saturated rings. The van der Waals surface area contributed by atoms with Gasteiger partial charge in [0.05, 0.1) is 0 Å². The molecule has 1 aromatic carbocycles. The summed E-state index contributed by atoms with van der Waals surface area (Å²) >= 11 is 1.34. The molecule has 8 nitrogen and oxygen atoms in total. The average molecular weight is 399 g/mol. The van der Waals surface area contributed by atoms with Gasteiger partial charge in [0.15, 0.2) is 5.13 Å². The maximum atomic E-state index is 12.9. The van der Waals surface area contributed by atoms with Crippen LogP contribution in [0, 0.1) is 0 Å². The van der Waals surface area contributed by atoms with Crippen molar-refractivity contribution in [3.63, 3.8) is 0 Å². The van der Waals surface area contributed by atoms with Crippen LogP contribution >= 0.6 is 11.3 Å². The molecule has 1 saturated carbocycles. The van der Waals surface area contributed by atoms with Crippen LogP contribution < -0.4 is 16.0 Å². The molecule has 1 aliphatic carbocycles. The first-order valence-corrected chi connectivity index (χ1v) is 10.2. The molecule has 2 aromatic rings. The number of nitrogens with one attached hydrogen (secondary N) is 3. The summed E-state index contributed by atoms with van der Waals surface area (Å²) in [5, 5.41) is 10.7. The minimum atomic E-state index is -0.501. The number of amides is 4. The summed E-state index contributed by atoms with van der Waals surface area (Å²) < 4.78 is 0. The number of aromatic nitrogens is 1. The van der Waals surface area contributed by atoms with Gasteiger partial charge < -0.3 is 20.9 Å². The van der Waals surface area contributed by atoms with Gasteiger partial charge in [-0.15, -0.1) is 11.3 Å². The van der Waals surface area contributed by atoms with E-state index < -0.39 is 6.04 Å². The molecule has 3 N–H and O–H groups in total. The Kier molecular flexibility index (Phi) is 5.25. The van der Waals surface area contributed by atoms with E-state index >= 15 is 0 Å². The first kappa shape index (κ1) is 18.4. The molecule has 1 aromatic heterocycles. The van der Waals surface area contributed by atoms with Crippen LogP contribution in [0.4, 0.5) is 15.6 Å². The highest BCUT2D eigenvalue weighted by molar-refractivity contribution is 7.13. The van der Waals surface area contributed by atoms with E-state index in [0.29, 0.717) is 29.3 Å². The highest BCUT2D eigenvalue weighted by Gasteiger charge is 2.34. The van der Waals surface area contributed by atoms with E-state index in [-0.39, 0.29) is 23.9 Å². The molecule has 0 spiro atoms. The van der Waals surface area contributed by atoms with Crippen LogP contribution in [0.3, 0.4) is 0 Å². The van der Waals surface area contributed by atoms with Gasteiger partial charge in [-0.2, -0.15) is 0 Å². The second-order valence-corrected chi connectivity index (χ2v) is 7.83. The van der Waals surface area contributed by atoms with Gasteiger partial charge in [0.2, 0.25) is 5.91 Å². The number of rotatable bonds is 5. The third-order valence-corrected chi connectivity index (χ3v) is 5.47. The third kappa shape index (κ3) is 4.30. The van der Waals surface area contributed by atoms with Crippen LogP contribution in [-0.4, -0.2) is 46.4 Å². The predicted octanol–water partition coefficient (Wildman–Crippen LogP) is 2.67. The zero-order valence-corrected chi connectivity index (χ0v) is 16.0. The van der Waals surface area contributed by atoms with Crippen molar-refractivity contribution in [1.29, 1.82) is 0 Å². The Bertz CT molecular complexity index is 864. The quantitative estimate of drug-likeness (QED) is 0.719. The lowest BCUT2D eigenvalue weighted by Crippen LogP contribution is -2.43. The Morgan fingerprint density at radius 2 is 1.86 bits per heavy atom. The van der Waals surface area contributed by atoms with Gasteiger partial charge in [-0.3, -0.25) is 9.59 Å². The maximum absolute atomic E-state index is 12.9. The zero-order valence-electron chi connectivity index (χ0n) is 15.2. The SMILES string of the molecule is O=C(Nc1ccc(C(=O)N2CCCC2C(=O)Nc2nccs2)cc1)NC1CC1. The number of likely N-dealkylation sites (tertiary alicyclic amines) is 1. The summed E-state index contributed by atoms with van der Waals surface area (Å²) in [6.45, 7) is 0.540. The molecule has 2 heterocycles. The Hall–Kier alpha value is -2.94. The number of carbonyl (C=O) groups is 3. The van der Waals surface area contributed by atoms with E-state index in [9.17, 15) is 14.4 Å². The fourth-order valence-corrected chi connectivity index (χ4v) is 3.73. The van der Waals surface area contributed by atoms with Crippen LogP contribution in [0.2, 0.25) is 0 Å². The zero-order chi connectivity index (χ0) is 19.5. The average Bonchev–Trinajstić information content (AvgIpc) is 3.15. The minimum Gasteiger partial charge on any atom is -0.335 e. The largest absolute Gasteiger partial charge is 0.335 e. The first-order chi connectivity index (χ1) is 13.6. The van der Waals surface area contributed by atoms with Crippen molar-refractivity contribution in [2.24, 2.45) is 0 Å². The maximum Gasteiger partial charge on any atom is 0.319 e. The molecule has 1 unspecified atom stereocenters. The fourth-order valence-electron chi connectivity index (χ4n) is 3.20. The van der Waals surface area contributed by atoms with Gasteiger partial charge in [0, 0.05) is 35.4 Å². The Labute approximate surface area is 166 Å². The van der Waals surface area contributed by atoms with Crippen LogP contribution in [0.5, 0.6) is 0 Å². The Morgan fingerprint density at radius 3 is 2.54 bits per heavy atom. The van der Waals surface area contributed by atoms with Crippen molar-refractivity contribution in [3.8, 4) is 0 Å². The standard InChI is InChI=1S/C19H21N5O3S/c25-16(23-19-20-9-11-28-19)15-2-1-10-24(15)17(26)12-3-5-13(6-4-12)21-18(27)22-14-7-8-14/h3-6,9,11,14-15H,1-2,7-8,10H2,(H,20,23,25)(H2,21,22,27). The van der Waals surface area contributed by atoms with Gasteiger partial charge >= 0.3 is 6.03 Å². The van der Waals surface area contributed by atoms with E-state index in [1.165, 1.54) is 11.3 Å². The number of carbonyl (C=O) groups excluding carboxylic acids is 3. The van der Waals surface area contributed by atoms with Crippen molar-refractivity contribution < 1.29 is 14.4 Å². The smallest absolute Gasteiger partial charge is 0.319 e. The second kappa shape index (κ2) is 7.97. The number of thiazole rings is 1. The Morgan fingerprint density at radius 1 is 1.07 bits per heavy atom. The summed E-state index contributed by atoms with van der Waals surface area (Å²) in [5.41, 5.74) is 1.11. The number of nitrogens with zero attached hydrogens (tertiary/aromatic N) is 2. The van der Waals surface area contributed by atoms with E-state index in [4.69, 9.17) is 0 Å². The van der Waals surface area contributed by atoms with Gasteiger partial charge in [0.25, 0.3) is 5.91 Å². The lowest BCUT2D eigenvalue weighted by molar-refractivity contribution is -0.119. The monoisotopic (exact) mass is 399 g/mol. The molecule has 4 rings (SSSR count). The van der Waals surface area contributed by atoms with E-state index in [2.05, 4.69) is 20.9 Å². The van der Waals surface area contributed by atoms with Crippen molar-refractivity contribution in [1.82, 2.24) is 15.2 Å². The van der Waals surface area contributed by atoms with E-state index in [1.807, 2.05) is 0 Å². The number of hydrogen-bond acceptors (Lipinski definition) is 5. The predicted molar refractivity (Wildman–Crippen MR) is 106 cm³/mol. The fraction of sp³-hybridized carbons (Fsp3) is 0.368. The van der Waals surface area contributed by atoms with Gasteiger partial charge in [-0.25, -0.2) is 9.78 Å². The molecular weight excluding hydrogens is 378 g/mol. The topological polar surface area (TPSA) is 103 Å². The molecule has 9 heteroatoms. The molecule has 0 bridgehead atoms. The van der Waals surface area contributed by atoms with Crippen molar-refractivity contribution in [2.75, 3.05) is 17.2 Å². The van der Waals surface area contributed by atoms with Crippen molar-refractivity contribution in [3.05, 3.63) is 41.4 Å². The highest BCUT2D eigenvalue weighted by atomic mass is 32.1. The molecule has 146 valence electrons. The second-order valence-electron chi connectivity index (χ2n) is 6.93. The summed E-state index contributed by atoms with van der Waals surface area (Å²) in [6, 6.07) is 6.27. The molecule has 1 atom stereocenters. The van der Waals surface area contributed by atoms with Crippen LogP contribution in [0.25, 0.3) is 0 Å². The van der Waals surface area contributed by atoms with E-state index in [1.54, 1.807) is 40.7 Å². The van der Waals surface area contributed by atoms with Gasteiger partial charge in [-0.1, -0.05) is 0 Å². The van der Waals surface area contributed by atoms with Crippen molar-refractivity contribution >= 4 is 40.0 Å². The molecule has 28 heavy (non-hydrogen) atoms. The highest BCUT2D eigenvalue weighted by Crippen LogP contribution is 2.23. The Balaban J connectivity index is 1.38. The lowest BCUT2D eigenvalue weighted by Gasteiger charge is -2.23. The summed E-state index contributed by atoms with van der Waals surface area (Å²) in [6.07, 6.45) is 5.08. The lowest BCUT2D eigenvalue weighted by atomic mass is 10.1. The van der Waals surface area contributed by atoms with Crippen LogP contribution in [0.1, 0.15) is 36.0 Å². The van der Waals surface area contributed by atoms with Gasteiger partial charge in [-0.05, 0) is 49.9 Å². The number of hydrogen-bond donors (Lipinski definition) is 3. The molecular formula is C19H21N5O3S. The molecule has 0 radical (unpaired) electrons. The molecule has 2 aliphatic rings. The number of urea groups is 1. The minimum absolute atomic E-state index is 0.189. The first-order valence-electron chi connectivity index (χ1n) is 9.29. The van der Waals surface area contributed by atoms with Crippen LogP contribution in [0.15, 0.2) is 35.8 Å². The van der Waals surface area contributed by atoms with Crippen molar-refractivity contribution in [2.45, 2.75) is 37.8 Å². The number of benzene rings is 1. The molecule has 1 saturated heterocycles. The van der Waals surface area contributed by atoms with Gasteiger partial charge in [0.1, 0.15) is 6.04 Å². The molecule has 4 amide bonds. The number of anilines is 2. The normalized spacial score (nSPS) is 18.6. The third-order valence-electron chi connectivity index (χ3n) is 4.78. The van der Waals surface area contributed by atoms with Crippen LogP contribution in [-0.2, 0) is 4.79 Å². The summed E-state index contributed by atoms with van der Waals surface area (Å²) in [5.74, 6) is -0.401. The van der Waals surface area contributed by atoms with E-state index in [0.717, 1.165) is 19.3 Å². The summed E-state index contributed by atoms with van der Waals surface area (Å²) in [4.78, 5) is 42.9. The molecule has 1 aliphatic heterocycles. The summed E-state index contributed by atoms with van der Waals surface area (Å²) in [7, 11) is 0.